The molecule has 0 bridgehead atoms. The highest BCUT2D eigenvalue weighted by atomic mass is 32.1. The third kappa shape index (κ3) is 4.82. The number of nitrogens with zero attached hydrogens (tertiary/aromatic N) is 6. The molecular formula is C18H15N9O5S. The van der Waals surface area contributed by atoms with Crippen molar-refractivity contribution in [2.75, 3.05) is 23.1 Å². The van der Waals surface area contributed by atoms with E-state index in [1.54, 1.807) is 12.1 Å². The fourth-order valence-electron chi connectivity index (χ4n) is 2.61. The van der Waals surface area contributed by atoms with Crippen molar-refractivity contribution >= 4 is 45.7 Å². The number of nitrogens with one attached hydrogen (secondary N) is 3. The Bertz CT molecular complexity index is 1370. The number of anilines is 4. The first kappa shape index (κ1) is 21.6. The highest BCUT2D eigenvalue weighted by molar-refractivity contribution is 7.17. The van der Waals surface area contributed by atoms with Crippen LogP contribution in [0.3, 0.4) is 0 Å². The van der Waals surface area contributed by atoms with E-state index in [4.69, 9.17) is 9.15 Å². The molecule has 0 aliphatic carbocycles. The molecule has 0 aliphatic heterocycles. The molecule has 15 heteroatoms. The van der Waals surface area contributed by atoms with E-state index < -0.39 is 11.5 Å². The molecule has 0 fully saturated rings. The fraction of sp³-hybridized carbons (Fsp3) is 0.111. The number of carbonyl (C=O) groups is 2. The van der Waals surface area contributed by atoms with Crippen LogP contribution in [0.2, 0.25) is 0 Å². The maximum absolute atomic E-state index is 12.7. The van der Waals surface area contributed by atoms with Crippen molar-refractivity contribution in [2.24, 2.45) is 0 Å². The van der Waals surface area contributed by atoms with Crippen LogP contribution in [0.1, 0.15) is 17.5 Å². The number of carbonyl (C=O) groups excluding carboxylic acids is 2. The van der Waals surface area contributed by atoms with E-state index in [-0.39, 0.29) is 34.2 Å². The first-order chi connectivity index (χ1) is 15.9. The van der Waals surface area contributed by atoms with Gasteiger partial charge in [-0.1, -0.05) is 11.3 Å². The van der Waals surface area contributed by atoms with Crippen molar-refractivity contribution in [3.8, 4) is 10.9 Å². The maximum Gasteiger partial charge on any atom is 0.381 e. The zero-order valence-corrected chi connectivity index (χ0v) is 17.9. The van der Waals surface area contributed by atoms with Gasteiger partial charge in [0.25, 0.3) is 5.91 Å². The Morgan fingerprint density at radius 2 is 1.94 bits per heavy atom. The second-order valence-corrected chi connectivity index (χ2v) is 7.15. The molecule has 33 heavy (non-hydrogen) atoms. The Labute approximate surface area is 188 Å². The number of hydrogen-bond acceptors (Lipinski definition) is 12. The van der Waals surface area contributed by atoms with Crippen LogP contribution in [-0.2, 0) is 4.79 Å². The van der Waals surface area contributed by atoms with Crippen LogP contribution in [0.15, 0.2) is 46.0 Å². The van der Waals surface area contributed by atoms with Crippen molar-refractivity contribution < 1.29 is 18.7 Å². The van der Waals surface area contributed by atoms with Gasteiger partial charge < -0.3 is 19.8 Å². The average Bonchev–Trinajstić information content (AvgIpc) is 3.43. The Morgan fingerprint density at radius 1 is 1.15 bits per heavy atom. The molecule has 0 aromatic carbocycles. The summed E-state index contributed by atoms with van der Waals surface area (Å²) >= 11 is 0.988. The van der Waals surface area contributed by atoms with E-state index in [1.807, 2.05) is 0 Å². The molecule has 0 radical (unpaired) electrons. The minimum Gasteiger partial charge on any atom is -0.488 e. The Balaban J connectivity index is 1.56. The lowest BCUT2D eigenvalue weighted by molar-refractivity contribution is -0.114. The maximum atomic E-state index is 12.7. The molecule has 14 nitrogen and oxygen atoms in total. The normalized spacial score (nSPS) is 10.5. The van der Waals surface area contributed by atoms with E-state index in [9.17, 15) is 14.4 Å². The van der Waals surface area contributed by atoms with E-state index in [0.29, 0.717) is 10.9 Å². The Hall–Kier alpha value is -4.66. The van der Waals surface area contributed by atoms with Gasteiger partial charge in [0.05, 0.1) is 19.0 Å². The van der Waals surface area contributed by atoms with Gasteiger partial charge in [0.1, 0.15) is 5.82 Å². The molecule has 0 spiro atoms. The van der Waals surface area contributed by atoms with E-state index >= 15 is 0 Å². The second-order valence-electron chi connectivity index (χ2n) is 6.20. The first-order valence-electron chi connectivity index (χ1n) is 9.17. The number of amides is 2. The second kappa shape index (κ2) is 9.23. The van der Waals surface area contributed by atoms with E-state index in [2.05, 4.69) is 41.2 Å². The van der Waals surface area contributed by atoms with Gasteiger partial charge in [-0.05, 0) is 6.07 Å². The number of hydrogen-bond donors (Lipinski definition) is 3. The summed E-state index contributed by atoms with van der Waals surface area (Å²) in [5.41, 5.74) is -0.738. The quantitative estimate of drug-likeness (QED) is 0.356. The molecule has 0 unspecified atom stereocenters. The largest absolute Gasteiger partial charge is 0.488 e. The molecule has 0 atom stereocenters. The van der Waals surface area contributed by atoms with Crippen molar-refractivity contribution in [2.45, 2.75) is 6.92 Å². The molecule has 4 rings (SSSR count). The first-order valence-corrected chi connectivity index (χ1v) is 9.99. The molecule has 0 saturated heterocycles. The molecule has 168 valence electrons. The number of aromatic nitrogens is 6. The van der Waals surface area contributed by atoms with Crippen molar-refractivity contribution in [3.05, 3.63) is 53.0 Å². The van der Waals surface area contributed by atoms with Crippen LogP contribution >= 0.6 is 11.3 Å². The molecule has 4 heterocycles. The van der Waals surface area contributed by atoms with Crippen molar-refractivity contribution in [3.63, 3.8) is 0 Å². The smallest absolute Gasteiger partial charge is 0.381 e. The summed E-state index contributed by atoms with van der Waals surface area (Å²) < 4.78 is 11.5. The van der Waals surface area contributed by atoms with Crippen LogP contribution in [0, 0.1) is 0 Å². The van der Waals surface area contributed by atoms with Crippen LogP contribution in [0.25, 0.3) is 5.13 Å². The van der Waals surface area contributed by atoms with Gasteiger partial charge in [0.15, 0.2) is 5.76 Å². The monoisotopic (exact) mass is 469 g/mol. The molecule has 4 aromatic rings. The zero-order chi connectivity index (χ0) is 23.4. The van der Waals surface area contributed by atoms with Gasteiger partial charge in [0, 0.05) is 31.5 Å². The third-order valence-electron chi connectivity index (χ3n) is 3.91. The lowest BCUT2D eigenvalue weighted by Gasteiger charge is -2.09. The molecule has 0 saturated carbocycles. The lowest BCUT2D eigenvalue weighted by Crippen LogP contribution is -2.17. The SMILES string of the molecule is COc1c(Nc2ncccn2)cc(C(=O)Nc2nnc(-n3nccc3NC(C)=O)s2)oc1=O. The van der Waals surface area contributed by atoms with Gasteiger partial charge in [-0.15, -0.1) is 10.2 Å². The number of rotatable bonds is 7. The average molecular weight is 469 g/mol. The summed E-state index contributed by atoms with van der Waals surface area (Å²) in [6.07, 6.45) is 4.48. The van der Waals surface area contributed by atoms with Crippen molar-refractivity contribution in [1.82, 2.24) is 29.9 Å². The van der Waals surface area contributed by atoms with Crippen LogP contribution in [-0.4, -0.2) is 48.9 Å². The van der Waals surface area contributed by atoms with Gasteiger partial charge in [-0.25, -0.2) is 14.8 Å². The molecule has 0 aliphatic rings. The minimum absolute atomic E-state index is 0.110. The van der Waals surface area contributed by atoms with Crippen LogP contribution in [0.4, 0.5) is 22.6 Å². The zero-order valence-electron chi connectivity index (χ0n) is 17.1. The highest BCUT2D eigenvalue weighted by Crippen LogP contribution is 2.26. The Kier molecular flexibility index (Phi) is 6.03. The molecule has 4 aromatic heterocycles. The third-order valence-corrected chi connectivity index (χ3v) is 4.73. The van der Waals surface area contributed by atoms with Gasteiger partial charge >= 0.3 is 5.63 Å². The predicted molar refractivity (Wildman–Crippen MR) is 116 cm³/mol. The number of methoxy groups -OCH3 is 1. The predicted octanol–water partition coefficient (Wildman–Crippen LogP) is 1.43. The molecule has 2 amide bonds. The molecular weight excluding hydrogens is 454 g/mol. The summed E-state index contributed by atoms with van der Waals surface area (Å²) in [5.74, 6) is -0.922. The van der Waals surface area contributed by atoms with Gasteiger partial charge in [-0.3, -0.25) is 14.9 Å². The topological polar surface area (TPSA) is 179 Å². The summed E-state index contributed by atoms with van der Waals surface area (Å²) in [7, 11) is 1.29. The van der Waals surface area contributed by atoms with Crippen LogP contribution < -0.4 is 26.3 Å². The summed E-state index contributed by atoms with van der Waals surface area (Å²) in [5, 5.41) is 20.2. The van der Waals surface area contributed by atoms with Gasteiger partial charge in [-0.2, -0.15) is 9.78 Å². The summed E-state index contributed by atoms with van der Waals surface area (Å²) in [6.45, 7) is 1.36. The standard InChI is InChI=1S/C18H15N9O5S/c1-9(28)22-12-4-7-21-27(12)18-26-25-17(33-18)24-14(29)11-8-10(13(31-2)15(30)32-11)23-16-19-5-3-6-20-16/h3-8H,1-2H3,(H,22,28)(H,19,20,23)(H,24,25,29). The Morgan fingerprint density at radius 3 is 2.67 bits per heavy atom. The summed E-state index contributed by atoms with van der Waals surface area (Å²) in [4.78, 5) is 44.3. The van der Waals surface area contributed by atoms with Gasteiger partial charge in [0.2, 0.25) is 27.9 Å². The number of ether oxygens (including phenoxy) is 1. The molecule has 3 N–H and O–H groups in total. The van der Waals surface area contributed by atoms with E-state index in [0.717, 1.165) is 11.3 Å². The summed E-state index contributed by atoms with van der Waals surface area (Å²) in [6, 6.07) is 4.48. The fourth-order valence-corrected chi connectivity index (χ4v) is 3.32. The lowest BCUT2D eigenvalue weighted by atomic mass is 10.3. The van der Waals surface area contributed by atoms with E-state index in [1.165, 1.54) is 43.4 Å². The van der Waals surface area contributed by atoms with Crippen molar-refractivity contribution in [1.29, 1.82) is 0 Å². The van der Waals surface area contributed by atoms with Crippen LogP contribution in [0.5, 0.6) is 5.75 Å². The minimum atomic E-state index is -0.877. The highest BCUT2D eigenvalue weighted by Gasteiger charge is 2.20.